The number of piperidine rings is 1. The van der Waals surface area contributed by atoms with E-state index in [0.29, 0.717) is 49.7 Å². The van der Waals surface area contributed by atoms with Gasteiger partial charge < -0.3 is 9.84 Å². The number of aromatic nitrogens is 3. The van der Waals surface area contributed by atoms with Gasteiger partial charge in [0, 0.05) is 37.6 Å². The average Bonchev–Trinajstić information content (AvgIpc) is 3.20. The molecule has 4 aromatic rings. The lowest BCUT2D eigenvalue weighted by Crippen LogP contribution is -2.57. The van der Waals surface area contributed by atoms with Crippen molar-refractivity contribution in [3.8, 4) is 16.9 Å². The Kier molecular flexibility index (Phi) is 7.32. The van der Waals surface area contributed by atoms with E-state index in [9.17, 15) is 14.4 Å². The van der Waals surface area contributed by atoms with Gasteiger partial charge in [-0.2, -0.15) is 0 Å². The van der Waals surface area contributed by atoms with Crippen LogP contribution in [0.2, 0.25) is 0 Å². The summed E-state index contributed by atoms with van der Waals surface area (Å²) in [6, 6.07) is 19.0. The number of nitrogens with zero attached hydrogens (tertiary/aromatic N) is 6. The van der Waals surface area contributed by atoms with Gasteiger partial charge in [0.15, 0.2) is 0 Å². The van der Waals surface area contributed by atoms with Crippen LogP contribution in [-0.4, -0.2) is 61.7 Å². The van der Waals surface area contributed by atoms with E-state index in [4.69, 9.17) is 5.11 Å². The van der Waals surface area contributed by atoms with Crippen molar-refractivity contribution in [2.45, 2.75) is 38.8 Å². The van der Waals surface area contributed by atoms with Crippen LogP contribution in [0, 0.1) is 13.8 Å². The molecule has 2 aliphatic rings. The molecule has 1 N–H and O–H groups in total. The maximum absolute atomic E-state index is 14.3. The highest BCUT2D eigenvalue weighted by molar-refractivity contribution is 6.30. The van der Waals surface area contributed by atoms with Gasteiger partial charge in [-0.1, -0.05) is 30.3 Å². The van der Waals surface area contributed by atoms with Gasteiger partial charge in [-0.15, -0.1) is 0 Å². The molecular formula is C32H30N6O5. The number of ether oxygens (including phenoxy) is 1. The van der Waals surface area contributed by atoms with Gasteiger partial charge in [-0.3, -0.25) is 19.6 Å². The summed E-state index contributed by atoms with van der Waals surface area (Å²) < 4.78 is 4.68. The van der Waals surface area contributed by atoms with E-state index in [1.54, 1.807) is 53.6 Å². The second kappa shape index (κ2) is 11.3. The van der Waals surface area contributed by atoms with Gasteiger partial charge in [-0.05, 0) is 73.7 Å². The number of imide groups is 1. The number of amides is 3. The molecule has 0 unspecified atom stereocenters. The summed E-state index contributed by atoms with van der Waals surface area (Å²) in [5.74, 6) is 0.348. The fourth-order valence-electron chi connectivity index (χ4n) is 5.81. The maximum Gasteiger partial charge on any atom is 0.511 e. The van der Waals surface area contributed by atoms with Gasteiger partial charge in [0.05, 0.1) is 11.4 Å². The van der Waals surface area contributed by atoms with E-state index in [1.807, 2.05) is 38.1 Å². The lowest BCUT2D eigenvalue weighted by atomic mass is 9.85. The zero-order valence-corrected chi connectivity index (χ0v) is 23.8. The minimum absolute atomic E-state index is 0.215. The van der Waals surface area contributed by atoms with Crippen molar-refractivity contribution in [1.82, 2.24) is 19.9 Å². The van der Waals surface area contributed by atoms with E-state index in [1.165, 1.54) is 11.2 Å². The first-order valence-electron chi connectivity index (χ1n) is 14.0. The predicted molar refractivity (Wildman–Crippen MR) is 159 cm³/mol. The Hall–Kier alpha value is -5.16. The van der Waals surface area contributed by atoms with Crippen LogP contribution in [0.5, 0.6) is 5.75 Å². The van der Waals surface area contributed by atoms with E-state index < -0.39 is 17.7 Å². The van der Waals surface area contributed by atoms with Crippen LogP contribution in [-0.2, 0) is 11.3 Å². The summed E-state index contributed by atoms with van der Waals surface area (Å²) in [6.07, 6.45) is 2.73. The predicted octanol–water partition coefficient (Wildman–Crippen LogP) is 5.22. The second-order valence-electron chi connectivity index (χ2n) is 10.8. The highest BCUT2D eigenvalue weighted by Gasteiger charge is 2.59. The minimum atomic E-state index is -1.38. The van der Waals surface area contributed by atoms with Gasteiger partial charge in [0.1, 0.15) is 23.4 Å². The first-order valence-corrected chi connectivity index (χ1v) is 14.0. The maximum atomic E-state index is 14.3. The molecule has 0 aliphatic carbocycles. The topological polar surface area (TPSA) is 129 Å². The molecule has 2 fully saturated rings. The van der Waals surface area contributed by atoms with Crippen molar-refractivity contribution in [3.63, 3.8) is 0 Å². The fraction of sp³-hybridized carbons (Fsp3) is 0.250. The first-order chi connectivity index (χ1) is 20.7. The molecule has 2 aliphatic heterocycles. The third-order valence-corrected chi connectivity index (χ3v) is 8.12. The number of anilines is 2. The molecule has 218 valence electrons. The molecule has 0 radical (unpaired) electrons. The SMILES string of the molecule is Cc1cc(N2C(=O)N(c3ccc(-c4ccc(OC(=O)O)cc4)cc3)C(=O)C23CCN(Cc2ncccc2C)CC3)ncn1. The fourth-order valence-corrected chi connectivity index (χ4v) is 5.81. The zero-order chi connectivity index (χ0) is 30.1. The number of aryl methyl sites for hydroxylation is 2. The van der Waals surface area contributed by atoms with Crippen molar-refractivity contribution < 1.29 is 24.2 Å². The lowest BCUT2D eigenvalue weighted by Gasteiger charge is -2.41. The number of carbonyl (C=O) groups excluding carboxylic acids is 2. The zero-order valence-electron chi connectivity index (χ0n) is 23.8. The third kappa shape index (κ3) is 5.30. The average molecular weight is 579 g/mol. The number of benzene rings is 2. The third-order valence-electron chi connectivity index (χ3n) is 8.12. The van der Waals surface area contributed by atoms with Crippen LogP contribution in [0.3, 0.4) is 0 Å². The standard InChI is InChI=1S/C32H30N6O5/c1-21-4-3-15-33-27(21)19-36-16-13-32(14-17-36)29(39)37(30(40)38(32)28-18-22(2)34-20-35-28)25-9-5-23(6-10-25)24-7-11-26(12-8-24)43-31(41)42/h3-12,15,18,20H,13-14,16-17,19H2,1-2H3,(H,41,42). The Labute approximate surface area is 248 Å². The molecule has 1 spiro atoms. The van der Waals surface area contributed by atoms with E-state index in [0.717, 1.165) is 22.4 Å². The minimum Gasteiger partial charge on any atom is -0.449 e. The van der Waals surface area contributed by atoms with Crippen LogP contribution in [0.25, 0.3) is 11.1 Å². The highest BCUT2D eigenvalue weighted by atomic mass is 16.7. The molecule has 11 nitrogen and oxygen atoms in total. The number of likely N-dealkylation sites (tertiary alicyclic amines) is 1. The summed E-state index contributed by atoms with van der Waals surface area (Å²) in [7, 11) is 0. The smallest absolute Gasteiger partial charge is 0.449 e. The van der Waals surface area contributed by atoms with Crippen molar-refractivity contribution in [2.24, 2.45) is 0 Å². The monoisotopic (exact) mass is 578 g/mol. The number of rotatable bonds is 6. The Morgan fingerprint density at radius 3 is 2.23 bits per heavy atom. The molecule has 4 heterocycles. The molecule has 2 aromatic heterocycles. The van der Waals surface area contributed by atoms with Crippen LogP contribution in [0.15, 0.2) is 79.3 Å². The van der Waals surface area contributed by atoms with Crippen LogP contribution in [0.1, 0.15) is 29.8 Å². The lowest BCUT2D eigenvalue weighted by molar-refractivity contribution is -0.123. The molecule has 2 saturated heterocycles. The number of carboxylic acid groups (broad SMARTS) is 1. The van der Waals surface area contributed by atoms with Crippen molar-refractivity contribution >= 4 is 29.6 Å². The highest BCUT2D eigenvalue weighted by Crippen LogP contribution is 2.42. The van der Waals surface area contributed by atoms with E-state index >= 15 is 0 Å². The molecule has 3 amide bonds. The molecule has 0 atom stereocenters. The van der Waals surface area contributed by atoms with E-state index in [-0.39, 0.29) is 11.7 Å². The second-order valence-corrected chi connectivity index (χ2v) is 10.8. The first kappa shape index (κ1) is 28.0. The molecule has 0 saturated carbocycles. The van der Waals surface area contributed by atoms with Crippen LogP contribution < -0.4 is 14.5 Å². The van der Waals surface area contributed by atoms with Crippen molar-refractivity contribution in [2.75, 3.05) is 22.9 Å². The van der Waals surface area contributed by atoms with Crippen LogP contribution in [0.4, 0.5) is 21.1 Å². The van der Waals surface area contributed by atoms with Gasteiger partial charge in [0.2, 0.25) is 0 Å². The summed E-state index contributed by atoms with van der Waals surface area (Å²) >= 11 is 0. The summed E-state index contributed by atoms with van der Waals surface area (Å²) in [4.78, 5) is 57.4. The molecular weight excluding hydrogens is 548 g/mol. The molecule has 11 heteroatoms. The van der Waals surface area contributed by atoms with Gasteiger partial charge in [0.25, 0.3) is 5.91 Å². The number of hydrogen-bond acceptors (Lipinski definition) is 8. The van der Waals surface area contributed by atoms with Crippen molar-refractivity contribution in [1.29, 1.82) is 0 Å². The number of carbonyl (C=O) groups is 3. The Bertz CT molecular complexity index is 1680. The van der Waals surface area contributed by atoms with E-state index in [2.05, 4.69) is 24.6 Å². The largest absolute Gasteiger partial charge is 0.511 e. The molecule has 2 aromatic carbocycles. The summed E-state index contributed by atoms with van der Waals surface area (Å²) in [5.41, 5.74) is 3.86. The van der Waals surface area contributed by atoms with Crippen molar-refractivity contribution in [3.05, 3.63) is 96.2 Å². The normalized spacial score (nSPS) is 16.6. The molecule has 6 rings (SSSR count). The Balaban J connectivity index is 1.28. The van der Waals surface area contributed by atoms with Crippen LogP contribution >= 0.6 is 0 Å². The number of hydrogen-bond donors (Lipinski definition) is 1. The number of urea groups is 1. The Morgan fingerprint density at radius 1 is 0.930 bits per heavy atom. The number of pyridine rings is 1. The molecule has 43 heavy (non-hydrogen) atoms. The Morgan fingerprint density at radius 2 is 1.60 bits per heavy atom. The van der Waals surface area contributed by atoms with Gasteiger partial charge in [-0.25, -0.2) is 24.5 Å². The molecule has 0 bridgehead atoms. The van der Waals surface area contributed by atoms with Gasteiger partial charge >= 0.3 is 12.2 Å². The summed E-state index contributed by atoms with van der Waals surface area (Å²) in [6.45, 7) is 5.77. The summed E-state index contributed by atoms with van der Waals surface area (Å²) in [5, 5.41) is 8.81. The quantitative estimate of drug-likeness (QED) is 0.186.